The Kier molecular flexibility index (Phi) is 4.14. The van der Waals surface area contributed by atoms with E-state index in [1.165, 1.54) is 10.4 Å². The van der Waals surface area contributed by atoms with Gasteiger partial charge in [-0.15, -0.1) is 11.3 Å². The van der Waals surface area contributed by atoms with Crippen LogP contribution < -0.4 is 5.32 Å². The fraction of sp³-hybridized carbons (Fsp3) is 0.0385. The first-order valence-electron chi connectivity index (χ1n) is 10.1. The number of nitrogens with zero attached hydrogens (tertiary/aromatic N) is 2. The Bertz CT molecular complexity index is 1460. The first kappa shape index (κ1) is 18.0. The van der Waals surface area contributed by atoms with Crippen LogP contribution >= 0.6 is 11.3 Å². The van der Waals surface area contributed by atoms with Gasteiger partial charge in [0.2, 0.25) is 0 Å². The van der Waals surface area contributed by atoms with Crippen LogP contribution in [0.2, 0.25) is 0 Å². The lowest BCUT2D eigenvalue weighted by Gasteiger charge is -2.09. The Hall–Kier alpha value is -3.83. The maximum Gasteiger partial charge on any atom is 0.258 e. The molecule has 2 aromatic heterocycles. The van der Waals surface area contributed by atoms with Crippen LogP contribution in [0, 0.1) is 0 Å². The fourth-order valence-corrected chi connectivity index (χ4v) is 5.09. The summed E-state index contributed by atoms with van der Waals surface area (Å²) in [7, 11) is 0. The van der Waals surface area contributed by atoms with Gasteiger partial charge in [0.05, 0.1) is 22.5 Å². The standard InChI is InChI=1S/C26H17N3OS/c30-25(29-26-28-24-18-11-5-4-10-17(18)14-23(24)31-26)20-15-22(16-8-2-1-3-9-16)27-21-13-7-6-12-19(20)21/h1-13,15H,14H2,(H,28,29,30). The number of pyridine rings is 1. The molecule has 148 valence electrons. The third-order valence-electron chi connectivity index (χ3n) is 5.57. The smallest absolute Gasteiger partial charge is 0.258 e. The average molecular weight is 420 g/mol. The Morgan fingerprint density at radius 2 is 1.65 bits per heavy atom. The van der Waals surface area contributed by atoms with Crippen molar-refractivity contribution in [2.24, 2.45) is 0 Å². The molecule has 6 rings (SSSR count). The highest BCUT2D eigenvalue weighted by Crippen LogP contribution is 2.41. The number of nitrogens with one attached hydrogen (secondary N) is 1. The van der Waals surface area contributed by atoms with Gasteiger partial charge in [-0.1, -0.05) is 72.8 Å². The third kappa shape index (κ3) is 3.10. The fourth-order valence-electron chi connectivity index (χ4n) is 4.10. The molecule has 0 spiro atoms. The molecule has 0 saturated heterocycles. The molecule has 1 N–H and O–H groups in total. The molecule has 1 aliphatic rings. The van der Waals surface area contributed by atoms with Crippen LogP contribution in [0.1, 0.15) is 20.8 Å². The van der Waals surface area contributed by atoms with Gasteiger partial charge in [0.25, 0.3) is 5.91 Å². The molecule has 5 aromatic rings. The summed E-state index contributed by atoms with van der Waals surface area (Å²) in [6.45, 7) is 0. The molecular weight excluding hydrogens is 402 g/mol. The van der Waals surface area contributed by atoms with Crippen molar-refractivity contribution in [1.29, 1.82) is 0 Å². The van der Waals surface area contributed by atoms with Crippen molar-refractivity contribution in [2.45, 2.75) is 6.42 Å². The number of aromatic nitrogens is 2. The van der Waals surface area contributed by atoms with Crippen LogP contribution in [-0.2, 0) is 6.42 Å². The highest BCUT2D eigenvalue weighted by Gasteiger charge is 2.24. The topological polar surface area (TPSA) is 54.9 Å². The van der Waals surface area contributed by atoms with E-state index in [1.54, 1.807) is 11.3 Å². The first-order valence-corrected chi connectivity index (χ1v) is 10.9. The van der Waals surface area contributed by atoms with Crippen LogP contribution in [0.25, 0.3) is 33.4 Å². The van der Waals surface area contributed by atoms with Gasteiger partial charge in [0.15, 0.2) is 5.13 Å². The summed E-state index contributed by atoms with van der Waals surface area (Å²) in [6.07, 6.45) is 0.870. The molecule has 31 heavy (non-hydrogen) atoms. The van der Waals surface area contributed by atoms with Crippen molar-refractivity contribution < 1.29 is 4.79 Å². The Morgan fingerprint density at radius 3 is 2.55 bits per heavy atom. The molecule has 1 aliphatic carbocycles. The van der Waals surface area contributed by atoms with E-state index in [1.807, 2.05) is 66.7 Å². The number of carbonyl (C=O) groups excluding carboxylic acids is 1. The van der Waals surface area contributed by atoms with Crippen LogP contribution in [0.3, 0.4) is 0 Å². The normalized spacial score (nSPS) is 11.9. The third-order valence-corrected chi connectivity index (χ3v) is 6.54. The summed E-state index contributed by atoms with van der Waals surface area (Å²) in [4.78, 5) is 24.0. The average Bonchev–Trinajstić information content (AvgIpc) is 3.36. The Balaban J connectivity index is 1.39. The number of amides is 1. The monoisotopic (exact) mass is 419 g/mol. The summed E-state index contributed by atoms with van der Waals surface area (Å²) >= 11 is 1.55. The van der Waals surface area contributed by atoms with E-state index in [9.17, 15) is 4.79 Å². The van der Waals surface area contributed by atoms with E-state index in [4.69, 9.17) is 9.97 Å². The lowest BCUT2D eigenvalue weighted by molar-refractivity contribution is 0.102. The molecule has 1 amide bonds. The van der Waals surface area contributed by atoms with Gasteiger partial charge in [0.1, 0.15) is 0 Å². The SMILES string of the molecule is O=C(Nc1nc2c(s1)Cc1ccccc1-2)c1cc(-c2ccccc2)nc2ccccc12. The molecule has 0 radical (unpaired) electrons. The minimum Gasteiger partial charge on any atom is -0.298 e. The molecule has 0 unspecified atom stereocenters. The van der Waals surface area contributed by atoms with Gasteiger partial charge >= 0.3 is 0 Å². The number of rotatable bonds is 3. The van der Waals surface area contributed by atoms with Crippen LogP contribution in [0.4, 0.5) is 5.13 Å². The number of carbonyl (C=O) groups is 1. The summed E-state index contributed by atoms with van der Waals surface area (Å²) in [6, 6.07) is 27.8. The second kappa shape index (κ2) is 7.15. The molecule has 0 aliphatic heterocycles. The molecule has 5 heteroatoms. The van der Waals surface area contributed by atoms with Gasteiger partial charge in [-0.25, -0.2) is 9.97 Å². The Morgan fingerprint density at radius 1 is 0.871 bits per heavy atom. The van der Waals surface area contributed by atoms with E-state index in [-0.39, 0.29) is 5.91 Å². The lowest BCUT2D eigenvalue weighted by Crippen LogP contribution is -2.13. The van der Waals surface area contributed by atoms with Crippen LogP contribution in [0.15, 0.2) is 84.9 Å². The van der Waals surface area contributed by atoms with E-state index in [2.05, 4.69) is 23.5 Å². The van der Waals surface area contributed by atoms with E-state index in [0.29, 0.717) is 10.7 Å². The largest absolute Gasteiger partial charge is 0.298 e. The predicted molar refractivity (Wildman–Crippen MR) is 125 cm³/mol. The molecule has 0 bridgehead atoms. The second-order valence-electron chi connectivity index (χ2n) is 7.52. The van der Waals surface area contributed by atoms with E-state index < -0.39 is 0 Å². The minimum atomic E-state index is -0.170. The zero-order valence-corrected chi connectivity index (χ0v) is 17.3. The number of hydrogen-bond acceptors (Lipinski definition) is 4. The summed E-state index contributed by atoms with van der Waals surface area (Å²) < 4.78 is 0. The number of hydrogen-bond donors (Lipinski definition) is 1. The highest BCUT2D eigenvalue weighted by atomic mass is 32.1. The van der Waals surface area contributed by atoms with E-state index in [0.717, 1.165) is 39.8 Å². The summed E-state index contributed by atoms with van der Waals surface area (Å²) in [5, 5.41) is 4.49. The van der Waals surface area contributed by atoms with Gasteiger partial charge < -0.3 is 0 Å². The number of para-hydroxylation sites is 1. The van der Waals surface area contributed by atoms with Crippen molar-refractivity contribution in [2.75, 3.05) is 5.32 Å². The number of benzene rings is 3. The quantitative estimate of drug-likeness (QED) is 0.373. The van der Waals surface area contributed by atoms with Crippen LogP contribution in [0.5, 0.6) is 0 Å². The molecule has 4 nitrogen and oxygen atoms in total. The molecule has 0 saturated carbocycles. The molecule has 0 atom stereocenters. The van der Waals surface area contributed by atoms with E-state index >= 15 is 0 Å². The Labute approximate surface area is 183 Å². The lowest BCUT2D eigenvalue weighted by atomic mass is 10.0. The van der Waals surface area contributed by atoms with Gasteiger partial charge in [0, 0.05) is 27.8 Å². The summed E-state index contributed by atoms with van der Waals surface area (Å²) in [5.41, 5.74) is 6.59. The zero-order valence-electron chi connectivity index (χ0n) is 16.5. The molecular formula is C26H17N3OS. The van der Waals surface area contributed by atoms with Crippen LogP contribution in [-0.4, -0.2) is 15.9 Å². The van der Waals surface area contributed by atoms with Gasteiger partial charge in [-0.3, -0.25) is 10.1 Å². The maximum atomic E-state index is 13.3. The molecule has 2 heterocycles. The van der Waals surface area contributed by atoms with Crippen molar-refractivity contribution in [3.05, 3.63) is 101 Å². The number of thiazole rings is 1. The van der Waals surface area contributed by atoms with Crippen molar-refractivity contribution in [3.8, 4) is 22.5 Å². The van der Waals surface area contributed by atoms with Crippen molar-refractivity contribution in [3.63, 3.8) is 0 Å². The maximum absolute atomic E-state index is 13.3. The van der Waals surface area contributed by atoms with Crippen molar-refractivity contribution >= 4 is 33.3 Å². The van der Waals surface area contributed by atoms with Gasteiger partial charge in [-0.05, 0) is 17.7 Å². The predicted octanol–water partition coefficient (Wildman–Crippen LogP) is 6.18. The number of fused-ring (bicyclic) bond motifs is 4. The molecule has 0 fully saturated rings. The molecule has 3 aromatic carbocycles. The zero-order chi connectivity index (χ0) is 20.8. The highest BCUT2D eigenvalue weighted by molar-refractivity contribution is 7.16. The second-order valence-corrected chi connectivity index (χ2v) is 8.60. The minimum absolute atomic E-state index is 0.170. The van der Waals surface area contributed by atoms with Gasteiger partial charge in [-0.2, -0.15) is 0 Å². The van der Waals surface area contributed by atoms with Crippen molar-refractivity contribution in [1.82, 2.24) is 9.97 Å². The number of anilines is 1. The first-order chi connectivity index (χ1) is 15.3. The summed E-state index contributed by atoms with van der Waals surface area (Å²) in [5.74, 6) is -0.170.